The first-order chi connectivity index (χ1) is 4.67. The van der Waals surface area contributed by atoms with Crippen LogP contribution < -0.4 is 5.32 Å². The van der Waals surface area contributed by atoms with E-state index in [9.17, 15) is 0 Å². The summed E-state index contributed by atoms with van der Waals surface area (Å²) in [6.45, 7) is 4.23. The largest absolute Gasteiger partial charge is 0.309 e. The number of aromatic nitrogens is 1. The van der Waals surface area contributed by atoms with Gasteiger partial charge in [-0.25, -0.2) is 4.98 Å². The van der Waals surface area contributed by atoms with E-state index in [0.717, 1.165) is 5.01 Å². The van der Waals surface area contributed by atoms with E-state index in [1.165, 1.54) is 0 Å². The van der Waals surface area contributed by atoms with Gasteiger partial charge >= 0.3 is 0 Å². The maximum absolute atomic E-state index is 4.21. The normalized spacial score (nSPS) is 11.9. The highest BCUT2D eigenvalue weighted by Crippen LogP contribution is 2.20. The van der Waals surface area contributed by atoms with Gasteiger partial charge < -0.3 is 5.32 Å². The molecule has 10 heavy (non-hydrogen) atoms. The van der Waals surface area contributed by atoms with E-state index in [0.29, 0.717) is 0 Å². The molecule has 0 aromatic carbocycles. The first kappa shape index (κ1) is 7.69. The maximum atomic E-state index is 4.21. The molecule has 0 amide bonds. The lowest BCUT2D eigenvalue weighted by Gasteiger charge is -2.20. The monoisotopic (exact) mass is 156 g/mol. The number of nitrogens with one attached hydrogen (secondary N) is 1. The molecular weight excluding hydrogens is 144 g/mol. The molecule has 3 heteroatoms. The van der Waals surface area contributed by atoms with E-state index in [1.807, 2.05) is 18.6 Å². The third-order valence-electron chi connectivity index (χ3n) is 1.59. The molecule has 1 rings (SSSR count). The quantitative estimate of drug-likeness (QED) is 0.703. The molecule has 1 heterocycles. The van der Waals surface area contributed by atoms with E-state index in [1.54, 1.807) is 11.3 Å². The van der Waals surface area contributed by atoms with Crippen LogP contribution in [-0.4, -0.2) is 12.0 Å². The Bertz CT molecular complexity index is 191. The second-order valence-corrected chi connectivity index (χ2v) is 3.61. The van der Waals surface area contributed by atoms with Crippen molar-refractivity contribution in [2.75, 3.05) is 7.05 Å². The predicted molar refractivity (Wildman–Crippen MR) is 44.2 cm³/mol. The molecule has 2 nitrogen and oxygen atoms in total. The molecular formula is C7H12N2S. The minimum atomic E-state index is 0.0220. The van der Waals surface area contributed by atoms with E-state index in [4.69, 9.17) is 0 Å². The Kier molecular flexibility index (Phi) is 2.06. The Balaban J connectivity index is 2.85. The van der Waals surface area contributed by atoms with Gasteiger partial charge in [0.25, 0.3) is 0 Å². The SMILES string of the molecule is CNC(C)(C)c1nccs1. The van der Waals surface area contributed by atoms with Gasteiger partial charge in [-0.15, -0.1) is 11.3 Å². The summed E-state index contributed by atoms with van der Waals surface area (Å²) in [4.78, 5) is 4.21. The van der Waals surface area contributed by atoms with Crippen molar-refractivity contribution in [3.05, 3.63) is 16.6 Å². The maximum Gasteiger partial charge on any atom is 0.112 e. The van der Waals surface area contributed by atoms with Crippen molar-refractivity contribution in [2.45, 2.75) is 19.4 Å². The Labute approximate surface area is 65.3 Å². The van der Waals surface area contributed by atoms with Crippen molar-refractivity contribution in [3.63, 3.8) is 0 Å². The number of thiazole rings is 1. The van der Waals surface area contributed by atoms with Gasteiger partial charge in [0.15, 0.2) is 0 Å². The zero-order chi connectivity index (χ0) is 7.61. The Morgan fingerprint density at radius 3 is 2.70 bits per heavy atom. The molecule has 0 radical (unpaired) electrons. The average molecular weight is 156 g/mol. The Hall–Kier alpha value is -0.410. The first-order valence-electron chi connectivity index (χ1n) is 3.25. The van der Waals surface area contributed by atoms with E-state index < -0.39 is 0 Å². The minimum absolute atomic E-state index is 0.0220. The van der Waals surface area contributed by atoms with Crippen LogP contribution in [0.15, 0.2) is 11.6 Å². The van der Waals surface area contributed by atoms with Crippen molar-refractivity contribution in [1.82, 2.24) is 10.3 Å². The lowest BCUT2D eigenvalue weighted by atomic mass is 10.1. The van der Waals surface area contributed by atoms with E-state index >= 15 is 0 Å². The van der Waals surface area contributed by atoms with E-state index in [-0.39, 0.29) is 5.54 Å². The lowest BCUT2D eigenvalue weighted by molar-refractivity contribution is 0.442. The smallest absolute Gasteiger partial charge is 0.112 e. The fraction of sp³-hybridized carbons (Fsp3) is 0.571. The number of hydrogen-bond donors (Lipinski definition) is 1. The number of rotatable bonds is 2. The topological polar surface area (TPSA) is 24.9 Å². The van der Waals surface area contributed by atoms with Gasteiger partial charge in [0.1, 0.15) is 5.01 Å². The number of nitrogens with zero attached hydrogens (tertiary/aromatic N) is 1. The van der Waals surface area contributed by atoms with Gasteiger partial charge in [-0.05, 0) is 20.9 Å². The second kappa shape index (κ2) is 2.68. The minimum Gasteiger partial charge on any atom is -0.309 e. The molecule has 0 atom stereocenters. The summed E-state index contributed by atoms with van der Waals surface area (Å²) in [6, 6.07) is 0. The highest BCUT2D eigenvalue weighted by molar-refractivity contribution is 7.09. The highest BCUT2D eigenvalue weighted by atomic mass is 32.1. The predicted octanol–water partition coefficient (Wildman–Crippen LogP) is 1.60. The third-order valence-corrected chi connectivity index (χ3v) is 2.69. The summed E-state index contributed by atoms with van der Waals surface area (Å²) in [5.41, 5.74) is 0.0220. The summed E-state index contributed by atoms with van der Waals surface area (Å²) >= 11 is 1.68. The fourth-order valence-electron chi connectivity index (χ4n) is 0.639. The van der Waals surface area contributed by atoms with Gasteiger partial charge in [-0.3, -0.25) is 0 Å². The summed E-state index contributed by atoms with van der Waals surface area (Å²) in [6.07, 6.45) is 1.83. The van der Waals surface area contributed by atoms with Gasteiger partial charge in [-0.2, -0.15) is 0 Å². The molecule has 0 aliphatic heterocycles. The number of hydrogen-bond acceptors (Lipinski definition) is 3. The third kappa shape index (κ3) is 1.36. The van der Waals surface area contributed by atoms with Crippen LogP contribution in [0.25, 0.3) is 0 Å². The van der Waals surface area contributed by atoms with Crippen molar-refractivity contribution in [2.24, 2.45) is 0 Å². The summed E-state index contributed by atoms with van der Waals surface area (Å²) in [5.74, 6) is 0. The Morgan fingerprint density at radius 1 is 1.60 bits per heavy atom. The first-order valence-corrected chi connectivity index (χ1v) is 4.13. The Morgan fingerprint density at radius 2 is 2.30 bits per heavy atom. The standard InChI is InChI=1S/C7H12N2S/c1-7(2,8-3)6-9-4-5-10-6/h4-5,8H,1-3H3. The summed E-state index contributed by atoms with van der Waals surface area (Å²) in [7, 11) is 1.95. The second-order valence-electron chi connectivity index (χ2n) is 2.71. The molecule has 1 aromatic rings. The molecule has 56 valence electrons. The van der Waals surface area contributed by atoms with Crippen molar-refractivity contribution in [3.8, 4) is 0 Å². The van der Waals surface area contributed by atoms with Crippen LogP contribution in [0.4, 0.5) is 0 Å². The molecule has 0 fully saturated rings. The van der Waals surface area contributed by atoms with Crippen LogP contribution in [0.5, 0.6) is 0 Å². The van der Waals surface area contributed by atoms with Crippen LogP contribution >= 0.6 is 11.3 Å². The van der Waals surface area contributed by atoms with Crippen molar-refractivity contribution in [1.29, 1.82) is 0 Å². The average Bonchev–Trinajstić information content (AvgIpc) is 2.38. The van der Waals surface area contributed by atoms with Crippen LogP contribution in [0.1, 0.15) is 18.9 Å². The van der Waals surface area contributed by atoms with Gasteiger partial charge in [-0.1, -0.05) is 0 Å². The van der Waals surface area contributed by atoms with Crippen molar-refractivity contribution >= 4 is 11.3 Å². The van der Waals surface area contributed by atoms with Gasteiger partial charge in [0.2, 0.25) is 0 Å². The van der Waals surface area contributed by atoms with Crippen LogP contribution in [0, 0.1) is 0 Å². The molecule has 0 bridgehead atoms. The zero-order valence-electron chi connectivity index (χ0n) is 6.51. The van der Waals surface area contributed by atoms with E-state index in [2.05, 4.69) is 24.1 Å². The molecule has 1 N–H and O–H groups in total. The van der Waals surface area contributed by atoms with Crippen LogP contribution in [0.3, 0.4) is 0 Å². The van der Waals surface area contributed by atoms with Crippen LogP contribution in [-0.2, 0) is 5.54 Å². The molecule has 0 saturated carbocycles. The van der Waals surface area contributed by atoms with Gasteiger partial charge in [0.05, 0.1) is 5.54 Å². The summed E-state index contributed by atoms with van der Waals surface area (Å²) < 4.78 is 0. The molecule has 0 aliphatic carbocycles. The highest BCUT2D eigenvalue weighted by Gasteiger charge is 2.19. The summed E-state index contributed by atoms with van der Waals surface area (Å²) in [5, 5.41) is 6.32. The fourth-order valence-corrected chi connectivity index (χ4v) is 1.41. The molecule has 1 aromatic heterocycles. The lowest BCUT2D eigenvalue weighted by Crippen LogP contribution is -2.32. The molecule has 0 saturated heterocycles. The molecule has 0 aliphatic rings. The van der Waals surface area contributed by atoms with Gasteiger partial charge in [0, 0.05) is 11.6 Å². The van der Waals surface area contributed by atoms with Crippen molar-refractivity contribution < 1.29 is 0 Å². The van der Waals surface area contributed by atoms with Crippen LogP contribution in [0.2, 0.25) is 0 Å². The zero-order valence-corrected chi connectivity index (χ0v) is 7.33. The molecule has 0 spiro atoms. The molecule has 0 unspecified atom stereocenters.